The lowest BCUT2D eigenvalue weighted by Gasteiger charge is -2.38. The Morgan fingerprint density at radius 3 is 1.24 bits per heavy atom. The Morgan fingerprint density at radius 2 is 0.918 bits per heavy atom. The van der Waals surface area contributed by atoms with Gasteiger partial charge in [-0.3, -0.25) is 9.59 Å². The van der Waals surface area contributed by atoms with Gasteiger partial charge >= 0.3 is 32.4 Å². The predicted octanol–water partition coefficient (Wildman–Crippen LogP) is 6.61. The summed E-state index contributed by atoms with van der Waals surface area (Å²) in [5.41, 5.74) is 0.652. The van der Waals surface area contributed by atoms with Crippen molar-refractivity contribution in [3.8, 4) is 0 Å². The number of carbonyl (C=O) groups is 4. The van der Waals surface area contributed by atoms with Crippen LogP contribution in [-0.4, -0.2) is 101 Å². The van der Waals surface area contributed by atoms with Crippen LogP contribution in [-0.2, 0) is 55.8 Å². The van der Waals surface area contributed by atoms with Gasteiger partial charge in [0.15, 0.2) is 16.6 Å². The molecule has 0 saturated heterocycles. The molecule has 0 rings (SSSR count). The van der Waals surface area contributed by atoms with E-state index in [4.69, 9.17) is 36.7 Å². The van der Waals surface area contributed by atoms with Crippen LogP contribution in [0.2, 0.25) is 51.4 Å². The standard InChI is InChI=1S/C34H64O12Si3/c1-27(2)33(37)41-21-13-17-31(35)43-29(5)25-39-19-15-23-47(7,8)45-49(11,12)46-48(9,10)24-16-20-40-26-30(6)44-32(36)18-14-22-42-34(38)28(3)4/h29-30H,1,3,13-26H2,2,4-12H3. The maximum Gasteiger partial charge on any atom is 0.333 e. The van der Waals surface area contributed by atoms with Gasteiger partial charge in [0.1, 0.15) is 12.2 Å². The molecule has 0 aliphatic carbocycles. The van der Waals surface area contributed by atoms with Crippen molar-refractivity contribution < 1.29 is 55.8 Å². The highest BCUT2D eigenvalue weighted by Crippen LogP contribution is 2.26. The van der Waals surface area contributed by atoms with Gasteiger partial charge in [-0.15, -0.1) is 0 Å². The van der Waals surface area contributed by atoms with Crippen molar-refractivity contribution in [2.45, 2.75) is 130 Å². The van der Waals surface area contributed by atoms with Crippen molar-refractivity contribution >= 4 is 49.1 Å². The van der Waals surface area contributed by atoms with Gasteiger partial charge in [0, 0.05) is 37.2 Å². The largest absolute Gasteiger partial charge is 0.462 e. The second-order valence-electron chi connectivity index (χ2n) is 14.1. The summed E-state index contributed by atoms with van der Waals surface area (Å²) in [6, 6.07) is 1.84. The van der Waals surface area contributed by atoms with Crippen LogP contribution in [0.5, 0.6) is 0 Å². The lowest BCUT2D eigenvalue weighted by atomic mass is 10.3. The number of esters is 4. The van der Waals surface area contributed by atoms with Crippen molar-refractivity contribution in [2.24, 2.45) is 0 Å². The number of carbonyl (C=O) groups excluding carboxylic acids is 4. The summed E-state index contributed by atoms with van der Waals surface area (Å²) in [5.74, 6) is -1.62. The molecule has 0 aromatic carbocycles. The number of hydrogen-bond donors (Lipinski definition) is 0. The molecule has 0 N–H and O–H groups in total. The van der Waals surface area contributed by atoms with E-state index in [1.165, 1.54) is 0 Å². The van der Waals surface area contributed by atoms with Gasteiger partial charge in [-0.25, -0.2) is 9.59 Å². The first-order chi connectivity index (χ1) is 22.6. The monoisotopic (exact) mass is 748 g/mol. The van der Waals surface area contributed by atoms with Crippen LogP contribution in [0.25, 0.3) is 0 Å². The van der Waals surface area contributed by atoms with Crippen LogP contribution in [0.15, 0.2) is 24.3 Å². The van der Waals surface area contributed by atoms with E-state index in [0.717, 1.165) is 24.9 Å². The minimum absolute atomic E-state index is 0.149. The number of ether oxygens (including phenoxy) is 6. The molecule has 0 bridgehead atoms. The lowest BCUT2D eigenvalue weighted by Crippen LogP contribution is -2.52. The van der Waals surface area contributed by atoms with Gasteiger partial charge in [0.25, 0.3) is 0 Å². The average molecular weight is 749 g/mol. The van der Waals surface area contributed by atoms with Crippen molar-refractivity contribution in [3.63, 3.8) is 0 Å². The molecular formula is C34H64O12Si3. The maximum atomic E-state index is 12.0. The van der Waals surface area contributed by atoms with Gasteiger partial charge in [-0.05, 0) is 105 Å². The second kappa shape index (κ2) is 24.1. The Balaban J connectivity index is 4.21. The molecule has 0 saturated carbocycles. The van der Waals surface area contributed by atoms with Gasteiger partial charge < -0.3 is 36.7 Å². The van der Waals surface area contributed by atoms with Crippen LogP contribution in [0.1, 0.15) is 66.2 Å². The highest BCUT2D eigenvalue weighted by atomic mass is 28.5. The summed E-state index contributed by atoms with van der Waals surface area (Å²) in [7, 11) is -6.38. The topological polar surface area (TPSA) is 142 Å². The van der Waals surface area contributed by atoms with Crippen molar-refractivity contribution in [3.05, 3.63) is 24.3 Å². The summed E-state index contributed by atoms with van der Waals surface area (Å²) >= 11 is 0. The molecule has 0 aliphatic rings. The highest BCUT2D eigenvalue weighted by Gasteiger charge is 2.39. The first-order valence-electron chi connectivity index (χ1n) is 17.2. The fourth-order valence-corrected chi connectivity index (χ4v) is 18.8. The van der Waals surface area contributed by atoms with Gasteiger partial charge in [-0.2, -0.15) is 0 Å². The molecule has 2 atom stereocenters. The molecule has 49 heavy (non-hydrogen) atoms. The Kier molecular flexibility index (Phi) is 23.1. The van der Waals surface area contributed by atoms with E-state index in [1.54, 1.807) is 27.7 Å². The summed E-state index contributed by atoms with van der Waals surface area (Å²) in [6.45, 7) is 28.8. The maximum absolute atomic E-state index is 12.0. The smallest absolute Gasteiger partial charge is 0.333 e. The first-order valence-corrected chi connectivity index (χ1v) is 26.3. The van der Waals surface area contributed by atoms with E-state index in [0.29, 0.717) is 50.4 Å². The summed E-state index contributed by atoms with van der Waals surface area (Å²) < 4.78 is 45.6. The van der Waals surface area contributed by atoms with Gasteiger partial charge in [-0.1, -0.05) is 13.2 Å². The highest BCUT2D eigenvalue weighted by molar-refractivity contribution is 6.87. The van der Waals surface area contributed by atoms with Crippen LogP contribution in [0.3, 0.4) is 0 Å². The molecular weight excluding hydrogens is 685 g/mol. The average Bonchev–Trinajstić information content (AvgIpc) is 2.95. The zero-order chi connectivity index (χ0) is 37.7. The molecule has 15 heteroatoms. The Hall–Kier alpha value is -2.15. The summed E-state index contributed by atoms with van der Waals surface area (Å²) in [6.07, 6.45) is 2.07. The predicted molar refractivity (Wildman–Crippen MR) is 196 cm³/mol. The Labute approximate surface area is 298 Å². The van der Waals surface area contributed by atoms with Crippen LogP contribution < -0.4 is 0 Å². The van der Waals surface area contributed by atoms with Crippen LogP contribution in [0.4, 0.5) is 0 Å². The third-order valence-corrected chi connectivity index (χ3v) is 18.2. The molecule has 0 fully saturated rings. The van der Waals surface area contributed by atoms with E-state index in [1.807, 2.05) is 0 Å². The van der Waals surface area contributed by atoms with E-state index < -0.39 is 37.1 Å². The van der Waals surface area contributed by atoms with Crippen molar-refractivity contribution in [1.82, 2.24) is 0 Å². The Bertz CT molecular complexity index is 981. The van der Waals surface area contributed by atoms with Crippen molar-refractivity contribution in [2.75, 3.05) is 39.6 Å². The molecule has 12 nitrogen and oxygen atoms in total. The molecule has 0 heterocycles. The van der Waals surface area contributed by atoms with Gasteiger partial charge in [0.2, 0.25) is 0 Å². The van der Waals surface area contributed by atoms with Gasteiger partial charge in [0.05, 0.1) is 26.4 Å². The minimum Gasteiger partial charge on any atom is -0.462 e. The molecule has 0 aliphatic heterocycles. The van der Waals surface area contributed by atoms with E-state index in [9.17, 15) is 19.2 Å². The molecule has 0 aromatic rings. The fourth-order valence-electron chi connectivity index (χ4n) is 4.80. The quantitative estimate of drug-likeness (QED) is 0.0280. The Morgan fingerprint density at radius 1 is 0.571 bits per heavy atom. The van der Waals surface area contributed by atoms with Crippen LogP contribution >= 0.6 is 0 Å². The molecule has 284 valence electrons. The molecule has 0 aromatic heterocycles. The number of rotatable bonds is 28. The zero-order valence-corrected chi connectivity index (χ0v) is 34.9. The third-order valence-electron chi connectivity index (χ3n) is 6.76. The molecule has 0 amide bonds. The van der Waals surface area contributed by atoms with Crippen LogP contribution in [0, 0.1) is 0 Å². The summed E-state index contributed by atoms with van der Waals surface area (Å²) in [4.78, 5) is 46.7. The van der Waals surface area contributed by atoms with E-state index in [2.05, 4.69) is 52.4 Å². The summed E-state index contributed by atoms with van der Waals surface area (Å²) in [5, 5.41) is 0. The molecule has 0 radical (unpaired) electrons. The van der Waals surface area contributed by atoms with E-state index in [-0.39, 0.29) is 50.2 Å². The molecule has 0 spiro atoms. The minimum atomic E-state index is -2.37. The SMILES string of the molecule is C=C(C)C(=O)OCCCC(=O)OC(C)COCCC[Si](C)(C)O[Si](C)(C)O[Si](C)(C)CCCOCC(C)OC(=O)CCCOC(=O)C(=C)C. The second-order valence-corrected chi connectivity index (χ2v) is 26.6. The molecule has 2 unspecified atom stereocenters. The third kappa shape index (κ3) is 26.3. The lowest BCUT2D eigenvalue weighted by molar-refractivity contribution is -0.152. The van der Waals surface area contributed by atoms with Crippen molar-refractivity contribution in [1.29, 1.82) is 0 Å². The van der Waals surface area contributed by atoms with E-state index >= 15 is 0 Å². The first kappa shape index (κ1) is 46.9. The fraction of sp³-hybridized carbons (Fsp3) is 0.765. The normalized spacial score (nSPS) is 13.3. The number of hydrogen-bond acceptors (Lipinski definition) is 12. The zero-order valence-electron chi connectivity index (χ0n) is 31.9.